The molecule has 1 aliphatic heterocycles. The minimum absolute atomic E-state index is 0.00282. The molecule has 4 rings (SSSR count). The molecule has 1 saturated heterocycles. The van der Waals surface area contributed by atoms with Crippen molar-refractivity contribution in [2.45, 2.75) is 51.8 Å². The maximum atomic E-state index is 13.6. The number of nitrogens with one attached hydrogen (secondary N) is 1. The summed E-state index contributed by atoms with van der Waals surface area (Å²) in [4.78, 5) is 30.6. The largest absolute Gasteiger partial charge is 0.458 e. The number of aromatic nitrogens is 4. The van der Waals surface area contributed by atoms with E-state index in [1.165, 1.54) is 16.1 Å². The summed E-state index contributed by atoms with van der Waals surface area (Å²) in [6.07, 6.45) is 2.49. The van der Waals surface area contributed by atoms with Gasteiger partial charge in [-0.05, 0) is 61.9 Å². The molecule has 3 aromatic rings. The third kappa shape index (κ3) is 6.77. The first-order valence-corrected chi connectivity index (χ1v) is 13.1. The molecule has 0 spiro atoms. The van der Waals surface area contributed by atoms with Crippen molar-refractivity contribution in [3.63, 3.8) is 0 Å². The lowest BCUT2D eigenvalue weighted by Gasteiger charge is -2.30. The molecule has 0 radical (unpaired) electrons. The van der Waals surface area contributed by atoms with E-state index in [0.29, 0.717) is 50.9 Å². The van der Waals surface area contributed by atoms with Crippen molar-refractivity contribution in [3.05, 3.63) is 40.3 Å². The van der Waals surface area contributed by atoms with Gasteiger partial charge in [-0.2, -0.15) is 4.80 Å². The van der Waals surface area contributed by atoms with Crippen LogP contribution in [-0.2, 0) is 25.6 Å². The Balaban J connectivity index is 1.51. The number of tetrazole rings is 1. The Hall–Kier alpha value is -3.09. The van der Waals surface area contributed by atoms with Crippen LogP contribution in [0.4, 0.5) is 0 Å². The highest BCUT2D eigenvalue weighted by molar-refractivity contribution is 7.10. The lowest BCUT2D eigenvalue weighted by molar-refractivity contribution is -0.142. The van der Waals surface area contributed by atoms with E-state index < -0.39 is 6.04 Å². The van der Waals surface area contributed by atoms with Crippen LogP contribution >= 0.6 is 11.3 Å². The number of nitrogens with zero attached hydrogens (tertiary/aromatic N) is 5. The number of aryl methyl sites for hydroxylation is 1. The minimum atomic E-state index is -0.781. The molecule has 194 valence electrons. The van der Waals surface area contributed by atoms with E-state index >= 15 is 0 Å². The van der Waals surface area contributed by atoms with E-state index in [2.05, 4.69) is 20.7 Å². The van der Waals surface area contributed by atoms with Crippen LogP contribution in [0.15, 0.2) is 34.1 Å². The second kappa shape index (κ2) is 12.7. The van der Waals surface area contributed by atoms with Crippen molar-refractivity contribution < 1.29 is 23.5 Å². The van der Waals surface area contributed by atoms with E-state index in [4.69, 9.17) is 13.9 Å². The molecule has 0 unspecified atom stereocenters. The maximum absolute atomic E-state index is 13.6. The summed E-state index contributed by atoms with van der Waals surface area (Å²) < 4.78 is 16.7. The van der Waals surface area contributed by atoms with Gasteiger partial charge in [-0.3, -0.25) is 9.59 Å². The summed E-state index contributed by atoms with van der Waals surface area (Å²) in [6.45, 7) is 6.12. The molecule has 2 amide bonds. The summed E-state index contributed by atoms with van der Waals surface area (Å²) in [5.74, 6) is 0.964. The van der Waals surface area contributed by atoms with Gasteiger partial charge in [-0.1, -0.05) is 6.07 Å². The Bertz CT molecular complexity index is 1110. The van der Waals surface area contributed by atoms with Crippen molar-refractivity contribution in [1.82, 2.24) is 30.4 Å². The first kappa shape index (κ1) is 26.0. The summed E-state index contributed by atoms with van der Waals surface area (Å²) >= 11 is 1.44. The predicted octanol–water partition coefficient (Wildman–Crippen LogP) is 2.59. The number of hydrogen-bond donors (Lipinski definition) is 1. The highest BCUT2D eigenvalue weighted by Crippen LogP contribution is 2.27. The van der Waals surface area contributed by atoms with E-state index in [9.17, 15) is 9.59 Å². The van der Waals surface area contributed by atoms with Gasteiger partial charge in [0, 0.05) is 37.8 Å². The molecule has 4 heterocycles. The van der Waals surface area contributed by atoms with E-state index in [1.807, 2.05) is 37.4 Å². The van der Waals surface area contributed by atoms with Crippen molar-refractivity contribution in [3.8, 4) is 11.6 Å². The Kier molecular flexibility index (Phi) is 9.20. The molecular weight excluding hydrogens is 484 g/mol. The molecule has 1 aliphatic rings. The van der Waals surface area contributed by atoms with Crippen LogP contribution in [0.1, 0.15) is 42.9 Å². The fourth-order valence-electron chi connectivity index (χ4n) is 4.04. The van der Waals surface area contributed by atoms with Crippen molar-refractivity contribution >= 4 is 23.2 Å². The summed E-state index contributed by atoms with van der Waals surface area (Å²) in [6, 6.07) is 6.52. The van der Waals surface area contributed by atoms with Crippen LogP contribution in [0.2, 0.25) is 0 Å². The summed E-state index contributed by atoms with van der Waals surface area (Å²) in [7, 11) is 0. The van der Waals surface area contributed by atoms with Crippen LogP contribution in [0, 0.1) is 6.92 Å². The van der Waals surface area contributed by atoms with Crippen LogP contribution in [0.5, 0.6) is 0 Å². The van der Waals surface area contributed by atoms with Gasteiger partial charge in [0.2, 0.25) is 17.6 Å². The van der Waals surface area contributed by atoms with Crippen molar-refractivity contribution in [2.75, 3.05) is 32.9 Å². The monoisotopic (exact) mass is 516 g/mol. The topological polar surface area (TPSA) is 125 Å². The van der Waals surface area contributed by atoms with E-state index in [1.54, 1.807) is 11.0 Å². The van der Waals surface area contributed by atoms with Gasteiger partial charge in [-0.25, -0.2) is 0 Å². The zero-order valence-electron chi connectivity index (χ0n) is 20.6. The van der Waals surface area contributed by atoms with Gasteiger partial charge in [0.25, 0.3) is 0 Å². The Morgan fingerprint density at radius 1 is 1.36 bits per heavy atom. The first-order chi connectivity index (χ1) is 17.5. The number of carbonyl (C=O) groups is 2. The molecule has 0 aromatic carbocycles. The van der Waals surface area contributed by atoms with Crippen LogP contribution in [-0.4, -0.2) is 75.9 Å². The summed E-state index contributed by atoms with van der Waals surface area (Å²) in [5.41, 5.74) is 0. The molecule has 0 bridgehead atoms. The Labute approximate surface area is 213 Å². The third-order valence-corrected chi connectivity index (χ3v) is 6.73. The van der Waals surface area contributed by atoms with E-state index in [0.717, 1.165) is 23.5 Å². The Morgan fingerprint density at radius 2 is 2.25 bits per heavy atom. The maximum Gasteiger partial charge on any atom is 0.248 e. The molecule has 0 aliphatic carbocycles. The van der Waals surface area contributed by atoms with Gasteiger partial charge >= 0.3 is 0 Å². The Morgan fingerprint density at radius 3 is 2.94 bits per heavy atom. The molecule has 11 nitrogen and oxygen atoms in total. The zero-order valence-corrected chi connectivity index (χ0v) is 21.4. The number of rotatable bonds is 13. The van der Waals surface area contributed by atoms with Crippen LogP contribution < -0.4 is 5.32 Å². The molecule has 3 aromatic heterocycles. The van der Waals surface area contributed by atoms with Gasteiger partial charge in [0.1, 0.15) is 18.3 Å². The molecule has 1 N–H and O–H groups in total. The molecule has 1 fully saturated rings. The van der Waals surface area contributed by atoms with Gasteiger partial charge in [0.05, 0.1) is 6.10 Å². The predicted molar refractivity (Wildman–Crippen MR) is 132 cm³/mol. The normalized spacial score (nSPS) is 16.2. The molecule has 12 heteroatoms. The number of thiophene rings is 1. The zero-order chi connectivity index (χ0) is 25.3. The minimum Gasteiger partial charge on any atom is -0.458 e. The third-order valence-electron chi connectivity index (χ3n) is 5.80. The number of furan rings is 1. The summed E-state index contributed by atoms with van der Waals surface area (Å²) in [5, 5.41) is 17.2. The van der Waals surface area contributed by atoms with Crippen LogP contribution in [0.3, 0.4) is 0 Å². The molecule has 36 heavy (non-hydrogen) atoms. The number of carbonyl (C=O) groups excluding carboxylic acids is 2. The van der Waals surface area contributed by atoms with Crippen LogP contribution in [0.25, 0.3) is 11.6 Å². The highest BCUT2D eigenvalue weighted by atomic mass is 32.1. The average Bonchev–Trinajstić information content (AvgIpc) is 3.67. The SMILES string of the molecule is CCOCCCN(C(=O)Cn1nnc(-c2ccc(C)o2)n1)[C@H](C(=O)NC[C@H]1CCCO1)c1cccs1. The van der Waals surface area contributed by atoms with Crippen molar-refractivity contribution in [1.29, 1.82) is 0 Å². The van der Waals surface area contributed by atoms with E-state index in [-0.39, 0.29) is 24.5 Å². The van der Waals surface area contributed by atoms with Crippen molar-refractivity contribution in [2.24, 2.45) is 0 Å². The fraction of sp³-hybridized carbons (Fsp3) is 0.542. The standard InChI is InChI=1S/C24H32N6O5S/c1-3-33-12-6-11-29(21(31)16-30-27-23(26-28-30)19-10-9-17(2)35-19)22(20-8-5-14-36-20)24(32)25-15-18-7-4-13-34-18/h5,8-10,14,18,22H,3-4,6-7,11-13,15-16H2,1-2H3,(H,25,32)/t18-,22+/m1/s1. The molecular formula is C24H32N6O5S. The molecule has 0 saturated carbocycles. The lowest BCUT2D eigenvalue weighted by atomic mass is 10.1. The molecule has 2 atom stereocenters. The second-order valence-corrected chi connectivity index (χ2v) is 9.47. The number of amides is 2. The van der Waals surface area contributed by atoms with Gasteiger partial charge in [-0.15, -0.1) is 21.5 Å². The number of hydrogen-bond acceptors (Lipinski definition) is 9. The smallest absolute Gasteiger partial charge is 0.248 e. The lowest BCUT2D eigenvalue weighted by Crippen LogP contribution is -2.46. The van der Waals surface area contributed by atoms with Gasteiger partial charge < -0.3 is 24.1 Å². The average molecular weight is 517 g/mol. The second-order valence-electron chi connectivity index (χ2n) is 8.49. The quantitative estimate of drug-likeness (QED) is 0.344. The number of ether oxygens (including phenoxy) is 2. The van der Waals surface area contributed by atoms with Gasteiger partial charge in [0.15, 0.2) is 5.76 Å². The highest BCUT2D eigenvalue weighted by Gasteiger charge is 2.33. The first-order valence-electron chi connectivity index (χ1n) is 12.2. The fourth-order valence-corrected chi connectivity index (χ4v) is 4.88.